The van der Waals surface area contributed by atoms with Gasteiger partial charge in [-0.15, -0.1) is 11.3 Å². The lowest BCUT2D eigenvalue weighted by Gasteiger charge is -2.49. The molecule has 1 saturated carbocycles. The fourth-order valence-corrected chi connectivity index (χ4v) is 3.59. The molecule has 0 aromatic carbocycles. The number of nitrogens with zero attached hydrogens (tertiary/aromatic N) is 1. The van der Waals surface area contributed by atoms with Crippen LogP contribution in [0.3, 0.4) is 0 Å². The summed E-state index contributed by atoms with van der Waals surface area (Å²) in [6.45, 7) is 2.65. The lowest BCUT2D eigenvalue weighted by Crippen LogP contribution is -2.50. The van der Waals surface area contributed by atoms with Gasteiger partial charge in [0, 0.05) is 5.38 Å². The van der Waals surface area contributed by atoms with Crippen molar-refractivity contribution in [2.24, 2.45) is 5.41 Å². The minimum Gasteiger partial charge on any atom is -0.446 e. The number of carbonyl (C=O) groups excluding carboxylic acids is 1. The van der Waals surface area contributed by atoms with Crippen LogP contribution in [0.2, 0.25) is 0 Å². The van der Waals surface area contributed by atoms with E-state index < -0.39 is 0 Å². The molecular formula is C13H19N3O2S. The molecule has 0 radical (unpaired) electrons. The third kappa shape index (κ3) is 3.06. The van der Waals surface area contributed by atoms with Gasteiger partial charge in [-0.25, -0.2) is 9.78 Å². The minimum atomic E-state index is -0.318. The van der Waals surface area contributed by atoms with Crippen molar-refractivity contribution < 1.29 is 9.53 Å². The van der Waals surface area contributed by atoms with Gasteiger partial charge in [0.05, 0.1) is 17.7 Å². The van der Waals surface area contributed by atoms with E-state index in [4.69, 9.17) is 4.74 Å². The first-order valence-electron chi connectivity index (χ1n) is 6.78. The van der Waals surface area contributed by atoms with Crippen LogP contribution in [-0.4, -0.2) is 30.3 Å². The Morgan fingerprint density at radius 1 is 1.53 bits per heavy atom. The highest BCUT2D eigenvalue weighted by Crippen LogP contribution is 2.49. The summed E-state index contributed by atoms with van der Waals surface area (Å²) in [6.07, 6.45) is 4.27. The van der Waals surface area contributed by atoms with Gasteiger partial charge in [-0.3, -0.25) is 0 Å². The molecule has 2 fully saturated rings. The summed E-state index contributed by atoms with van der Waals surface area (Å²) in [5.74, 6) is 0. The van der Waals surface area contributed by atoms with E-state index in [1.165, 1.54) is 24.2 Å². The number of piperidine rings is 1. The van der Waals surface area contributed by atoms with Crippen molar-refractivity contribution in [2.45, 2.75) is 38.3 Å². The van der Waals surface area contributed by atoms with E-state index in [-0.39, 0.29) is 12.2 Å². The van der Waals surface area contributed by atoms with E-state index >= 15 is 0 Å². The second kappa shape index (κ2) is 5.46. The largest absolute Gasteiger partial charge is 0.446 e. The van der Waals surface area contributed by atoms with Crippen LogP contribution in [0.4, 0.5) is 4.79 Å². The fraction of sp³-hybridized carbons (Fsp3) is 0.692. The number of alkyl carbamates (subject to hydrolysis) is 1. The Bertz CT molecular complexity index is 421. The molecule has 1 aromatic rings. The Kier molecular flexibility index (Phi) is 3.70. The maximum absolute atomic E-state index is 11.6. The summed E-state index contributed by atoms with van der Waals surface area (Å²) in [5, 5.41) is 8.04. The van der Waals surface area contributed by atoms with Gasteiger partial charge in [0.2, 0.25) is 0 Å². The average Bonchev–Trinajstić information content (AvgIpc) is 2.89. The number of rotatable bonds is 3. The Balaban J connectivity index is 1.37. The quantitative estimate of drug-likeness (QED) is 0.888. The molecule has 6 heteroatoms. The van der Waals surface area contributed by atoms with Crippen molar-refractivity contribution in [2.75, 3.05) is 13.1 Å². The van der Waals surface area contributed by atoms with Crippen LogP contribution in [0, 0.1) is 5.41 Å². The smallest absolute Gasteiger partial charge is 0.407 e. The second-order valence-corrected chi connectivity index (χ2v) is 6.24. The first-order chi connectivity index (χ1) is 9.26. The molecule has 104 valence electrons. The van der Waals surface area contributed by atoms with E-state index in [2.05, 4.69) is 15.6 Å². The van der Waals surface area contributed by atoms with Gasteiger partial charge in [-0.1, -0.05) is 0 Å². The molecule has 1 amide bonds. The zero-order valence-corrected chi connectivity index (χ0v) is 11.7. The number of aromatic nitrogens is 1. The lowest BCUT2D eigenvalue weighted by atomic mass is 9.62. The monoisotopic (exact) mass is 281 g/mol. The number of nitrogens with one attached hydrogen (secondary N) is 2. The normalized spacial score (nSPS) is 21.9. The molecule has 2 aliphatic rings. The van der Waals surface area contributed by atoms with E-state index in [0.717, 1.165) is 31.6 Å². The maximum Gasteiger partial charge on any atom is 0.407 e. The van der Waals surface area contributed by atoms with Crippen molar-refractivity contribution in [1.82, 2.24) is 15.6 Å². The predicted molar refractivity (Wildman–Crippen MR) is 73.0 cm³/mol. The first kappa shape index (κ1) is 12.9. The standard InChI is InChI=1S/C13H19N3O2S/c17-12(15-7-10-8-19-9-16-10)18-11-5-13(6-11)1-3-14-4-2-13/h8-9,11,14H,1-7H2,(H,15,17). The third-order valence-corrected chi connectivity index (χ3v) is 4.79. The molecule has 0 atom stereocenters. The van der Waals surface area contributed by atoms with Crippen molar-refractivity contribution in [3.8, 4) is 0 Å². The molecule has 19 heavy (non-hydrogen) atoms. The number of ether oxygens (including phenoxy) is 1. The van der Waals surface area contributed by atoms with Crippen molar-refractivity contribution in [1.29, 1.82) is 0 Å². The van der Waals surface area contributed by atoms with Gasteiger partial charge < -0.3 is 15.4 Å². The molecule has 5 nitrogen and oxygen atoms in total. The summed E-state index contributed by atoms with van der Waals surface area (Å²) in [6, 6.07) is 0. The fourth-order valence-electron chi connectivity index (χ4n) is 3.04. The number of thiazole rings is 1. The highest BCUT2D eigenvalue weighted by Gasteiger charge is 2.46. The van der Waals surface area contributed by atoms with Crippen LogP contribution in [-0.2, 0) is 11.3 Å². The Hall–Kier alpha value is -1.14. The molecular weight excluding hydrogens is 262 g/mol. The summed E-state index contributed by atoms with van der Waals surface area (Å²) in [4.78, 5) is 15.8. The van der Waals surface area contributed by atoms with Crippen LogP contribution in [0.5, 0.6) is 0 Å². The minimum absolute atomic E-state index is 0.105. The molecule has 3 rings (SSSR count). The Labute approximate surface area is 116 Å². The van der Waals surface area contributed by atoms with Gasteiger partial charge in [-0.2, -0.15) is 0 Å². The zero-order chi connectivity index (χ0) is 13.1. The molecule has 2 heterocycles. The van der Waals surface area contributed by atoms with Gasteiger partial charge >= 0.3 is 6.09 Å². The highest BCUT2D eigenvalue weighted by molar-refractivity contribution is 7.07. The van der Waals surface area contributed by atoms with Crippen LogP contribution in [0.15, 0.2) is 10.9 Å². The van der Waals surface area contributed by atoms with Crippen LogP contribution < -0.4 is 10.6 Å². The third-order valence-electron chi connectivity index (χ3n) is 4.16. The average molecular weight is 281 g/mol. The number of hydrogen-bond donors (Lipinski definition) is 2. The SMILES string of the molecule is O=C(NCc1cscn1)OC1CC2(CCNCC2)C1. The highest BCUT2D eigenvalue weighted by atomic mass is 32.1. The molecule has 1 aliphatic carbocycles. The summed E-state index contributed by atoms with van der Waals surface area (Å²) < 4.78 is 5.42. The molecule has 0 bridgehead atoms. The number of amides is 1. The van der Waals surface area contributed by atoms with Gasteiger partial charge in [0.1, 0.15) is 6.10 Å². The molecule has 1 spiro atoms. The lowest BCUT2D eigenvalue weighted by molar-refractivity contribution is -0.0576. The molecule has 0 unspecified atom stereocenters. The van der Waals surface area contributed by atoms with E-state index in [1.54, 1.807) is 5.51 Å². The summed E-state index contributed by atoms with van der Waals surface area (Å²) >= 11 is 1.53. The van der Waals surface area contributed by atoms with Crippen LogP contribution in [0.1, 0.15) is 31.4 Å². The molecule has 1 aromatic heterocycles. The Morgan fingerprint density at radius 2 is 2.32 bits per heavy atom. The molecule has 2 N–H and O–H groups in total. The van der Waals surface area contributed by atoms with E-state index in [1.807, 2.05) is 5.38 Å². The molecule has 1 aliphatic heterocycles. The predicted octanol–water partition coefficient (Wildman–Crippen LogP) is 1.90. The van der Waals surface area contributed by atoms with Gasteiger partial charge in [0.15, 0.2) is 0 Å². The van der Waals surface area contributed by atoms with Crippen LogP contribution >= 0.6 is 11.3 Å². The first-order valence-corrected chi connectivity index (χ1v) is 7.72. The van der Waals surface area contributed by atoms with Crippen molar-refractivity contribution >= 4 is 17.4 Å². The van der Waals surface area contributed by atoms with E-state index in [9.17, 15) is 4.79 Å². The summed E-state index contributed by atoms with van der Waals surface area (Å²) in [5.41, 5.74) is 3.09. The number of carbonyl (C=O) groups is 1. The van der Waals surface area contributed by atoms with E-state index in [0.29, 0.717) is 12.0 Å². The topological polar surface area (TPSA) is 63.2 Å². The number of hydrogen-bond acceptors (Lipinski definition) is 5. The van der Waals surface area contributed by atoms with Crippen molar-refractivity contribution in [3.05, 3.63) is 16.6 Å². The zero-order valence-electron chi connectivity index (χ0n) is 10.9. The van der Waals surface area contributed by atoms with Gasteiger partial charge in [0.25, 0.3) is 0 Å². The Morgan fingerprint density at radius 3 is 3.00 bits per heavy atom. The van der Waals surface area contributed by atoms with Crippen LogP contribution in [0.25, 0.3) is 0 Å². The summed E-state index contributed by atoms with van der Waals surface area (Å²) in [7, 11) is 0. The van der Waals surface area contributed by atoms with Crippen molar-refractivity contribution in [3.63, 3.8) is 0 Å². The second-order valence-electron chi connectivity index (χ2n) is 5.52. The maximum atomic E-state index is 11.6. The van der Waals surface area contributed by atoms with Gasteiger partial charge in [-0.05, 0) is 44.2 Å². The molecule has 1 saturated heterocycles.